The second-order valence-corrected chi connectivity index (χ2v) is 7.23. The summed E-state index contributed by atoms with van der Waals surface area (Å²) in [5.74, 6) is 1.02. The summed E-state index contributed by atoms with van der Waals surface area (Å²) in [7, 11) is -2.90. The summed E-state index contributed by atoms with van der Waals surface area (Å²) in [6, 6.07) is 5.58. The van der Waals surface area contributed by atoms with Crippen LogP contribution in [0.5, 0.6) is 5.75 Å². The fraction of sp³-hybridized carbons (Fsp3) is 0.500. The average Bonchev–Trinajstić information content (AvgIpc) is 2.65. The van der Waals surface area contributed by atoms with E-state index < -0.39 is 9.84 Å². The number of hydrogen-bond acceptors (Lipinski definition) is 4. The highest BCUT2D eigenvalue weighted by atomic mass is 35.5. The third kappa shape index (κ3) is 3.86. The summed E-state index contributed by atoms with van der Waals surface area (Å²) >= 11 is 5.91. The Hall–Kier alpha value is -0.780. The lowest BCUT2D eigenvalue weighted by atomic mass is 10.1. The monoisotopic (exact) mass is 289 g/mol. The summed E-state index contributed by atoms with van der Waals surface area (Å²) in [6.45, 7) is 1.09. The van der Waals surface area contributed by atoms with E-state index in [2.05, 4.69) is 5.32 Å². The first-order valence-electron chi connectivity index (χ1n) is 5.77. The summed E-state index contributed by atoms with van der Waals surface area (Å²) in [4.78, 5) is 0. The molecule has 0 saturated carbocycles. The third-order valence-corrected chi connectivity index (χ3v) is 3.97. The molecule has 6 heteroatoms. The van der Waals surface area contributed by atoms with E-state index in [4.69, 9.17) is 16.3 Å². The molecule has 0 amide bonds. The second-order valence-electron chi connectivity index (χ2n) is 4.53. The van der Waals surface area contributed by atoms with Crippen molar-refractivity contribution in [1.29, 1.82) is 0 Å². The molecule has 4 nitrogen and oxygen atoms in total. The quantitative estimate of drug-likeness (QED) is 0.830. The van der Waals surface area contributed by atoms with Crippen molar-refractivity contribution < 1.29 is 13.2 Å². The largest absolute Gasteiger partial charge is 0.488 e. The number of nitrogens with one attached hydrogen (secondary N) is 1. The van der Waals surface area contributed by atoms with Crippen LogP contribution in [0.4, 0.5) is 0 Å². The van der Waals surface area contributed by atoms with Crippen LogP contribution in [0.3, 0.4) is 0 Å². The number of hydrogen-bond donors (Lipinski definition) is 1. The maximum Gasteiger partial charge on any atom is 0.148 e. The maximum absolute atomic E-state index is 11.0. The van der Waals surface area contributed by atoms with Gasteiger partial charge >= 0.3 is 0 Å². The van der Waals surface area contributed by atoms with Crippen molar-refractivity contribution in [2.24, 2.45) is 0 Å². The highest BCUT2D eigenvalue weighted by Gasteiger charge is 2.22. The molecule has 1 heterocycles. The van der Waals surface area contributed by atoms with Gasteiger partial charge in [-0.2, -0.15) is 0 Å². The first-order valence-corrected chi connectivity index (χ1v) is 8.21. The Balaban J connectivity index is 1.78. The molecule has 1 aliphatic rings. The van der Waals surface area contributed by atoms with Crippen molar-refractivity contribution in [2.75, 3.05) is 25.1 Å². The fourth-order valence-electron chi connectivity index (χ4n) is 1.92. The molecule has 0 aliphatic carbocycles. The van der Waals surface area contributed by atoms with Gasteiger partial charge in [0.15, 0.2) is 0 Å². The summed E-state index contributed by atoms with van der Waals surface area (Å²) in [5.41, 5.74) is 1.11. The molecule has 1 N–H and O–H groups in total. The van der Waals surface area contributed by atoms with Gasteiger partial charge in [0.25, 0.3) is 0 Å². The van der Waals surface area contributed by atoms with E-state index in [1.54, 1.807) is 6.07 Å². The van der Waals surface area contributed by atoms with E-state index in [0.29, 0.717) is 18.1 Å². The van der Waals surface area contributed by atoms with Crippen LogP contribution in [-0.4, -0.2) is 39.6 Å². The van der Waals surface area contributed by atoms with E-state index in [0.717, 1.165) is 17.7 Å². The molecule has 100 valence electrons. The Labute approximate surface area is 112 Å². The van der Waals surface area contributed by atoms with Gasteiger partial charge in [0.2, 0.25) is 0 Å². The average molecular weight is 290 g/mol. The number of halogens is 1. The SMILES string of the molecule is CS(=O)(=O)CCNCC1Cc2cc(Cl)ccc2O1. The molecule has 18 heavy (non-hydrogen) atoms. The van der Waals surface area contributed by atoms with Gasteiger partial charge in [-0.1, -0.05) is 11.6 Å². The van der Waals surface area contributed by atoms with Crippen LogP contribution in [0.1, 0.15) is 5.56 Å². The van der Waals surface area contributed by atoms with E-state index in [-0.39, 0.29) is 11.9 Å². The first kappa shape index (κ1) is 13.6. The minimum absolute atomic E-state index is 0.0537. The lowest BCUT2D eigenvalue weighted by molar-refractivity contribution is 0.229. The van der Waals surface area contributed by atoms with Gasteiger partial charge in [-0.3, -0.25) is 0 Å². The number of benzene rings is 1. The minimum Gasteiger partial charge on any atom is -0.488 e. The molecule has 1 atom stereocenters. The molecule has 2 rings (SSSR count). The molecular formula is C12H16ClNO3S. The van der Waals surface area contributed by atoms with Crippen LogP contribution >= 0.6 is 11.6 Å². The molecule has 1 aromatic carbocycles. The van der Waals surface area contributed by atoms with Crippen LogP contribution in [0.2, 0.25) is 5.02 Å². The molecule has 0 radical (unpaired) electrons. The van der Waals surface area contributed by atoms with Gasteiger partial charge in [-0.15, -0.1) is 0 Å². The molecule has 0 fully saturated rings. The van der Waals surface area contributed by atoms with Crippen molar-refractivity contribution in [2.45, 2.75) is 12.5 Å². The topological polar surface area (TPSA) is 55.4 Å². The highest BCUT2D eigenvalue weighted by Crippen LogP contribution is 2.30. The Morgan fingerprint density at radius 3 is 3.00 bits per heavy atom. The van der Waals surface area contributed by atoms with Crippen LogP contribution < -0.4 is 10.1 Å². The molecule has 1 aromatic rings. The number of rotatable bonds is 5. The molecule has 0 saturated heterocycles. The number of sulfone groups is 1. The lowest BCUT2D eigenvalue weighted by Crippen LogP contribution is -2.33. The van der Waals surface area contributed by atoms with E-state index in [9.17, 15) is 8.42 Å². The van der Waals surface area contributed by atoms with Gasteiger partial charge in [0, 0.05) is 30.8 Å². The highest BCUT2D eigenvalue weighted by molar-refractivity contribution is 7.90. The first-order chi connectivity index (χ1) is 8.44. The molecule has 0 aromatic heterocycles. The lowest BCUT2D eigenvalue weighted by Gasteiger charge is -2.11. The third-order valence-electron chi connectivity index (χ3n) is 2.79. The number of ether oxygens (including phenoxy) is 1. The molecule has 0 spiro atoms. The summed E-state index contributed by atoms with van der Waals surface area (Å²) < 4.78 is 27.6. The van der Waals surface area contributed by atoms with Gasteiger partial charge in [0.05, 0.1) is 5.75 Å². The Kier molecular flexibility index (Phi) is 4.14. The van der Waals surface area contributed by atoms with Gasteiger partial charge in [0.1, 0.15) is 21.7 Å². The predicted octanol–water partition coefficient (Wildman–Crippen LogP) is 1.28. The Morgan fingerprint density at radius 1 is 1.50 bits per heavy atom. The van der Waals surface area contributed by atoms with Crippen LogP contribution in [0.25, 0.3) is 0 Å². The van der Waals surface area contributed by atoms with Gasteiger partial charge < -0.3 is 10.1 Å². The Morgan fingerprint density at radius 2 is 2.28 bits per heavy atom. The van der Waals surface area contributed by atoms with Crippen molar-refractivity contribution in [3.05, 3.63) is 28.8 Å². The molecular weight excluding hydrogens is 274 g/mol. The minimum atomic E-state index is -2.90. The van der Waals surface area contributed by atoms with Crippen molar-refractivity contribution >= 4 is 21.4 Å². The molecule has 1 unspecified atom stereocenters. The van der Waals surface area contributed by atoms with Crippen LogP contribution in [0, 0.1) is 0 Å². The van der Waals surface area contributed by atoms with E-state index >= 15 is 0 Å². The van der Waals surface area contributed by atoms with Crippen LogP contribution in [-0.2, 0) is 16.3 Å². The van der Waals surface area contributed by atoms with E-state index in [1.807, 2.05) is 12.1 Å². The molecule has 1 aliphatic heterocycles. The van der Waals surface area contributed by atoms with Crippen molar-refractivity contribution in [3.63, 3.8) is 0 Å². The normalized spacial score (nSPS) is 18.4. The standard InChI is InChI=1S/C12H16ClNO3S/c1-18(15,16)5-4-14-8-11-7-9-6-10(13)2-3-12(9)17-11/h2-3,6,11,14H,4-5,7-8H2,1H3. The smallest absolute Gasteiger partial charge is 0.148 e. The summed E-state index contributed by atoms with van der Waals surface area (Å²) in [5, 5.41) is 3.81. The zero-order chi connectivity index (χ0) is 13.2. The second kappa shape index (κ2) is 5.47. The number of fused-ring (bicyclic) bond motifs is 1. The van der Waals surface area contributed by atoms with Crippen molar-refractivity contribution in [3.8, 4) is 5.75 Å². The predicted molar refractivity (Wildman–Crippen MR) is 72.2 cm³/mol. The van der Waals surface area contributed by atoms with Crippen LogP contribution in [0.15, 0.2) is 18.2 Å². The van der Waals surface area contributed by atoms with E-state index in [1.165, 1.54) is 6.26 Å². The fourth-order valence-corrected chi connectivity index (χ4v) is 2.63. The zero-order valence-electron chi connectivity index (χ0n) is 10.1. The zero-order valence-corrected chi connectivity index (χ0v) is 11.7. The van der Waals surface area contributed by atoms with Gasteiger partial charge in [-0.25, -0.2) is 8.42 Å². The maximum atomic E-state index is 11.0. The van der Waals surface area contributed by atoms with Gasteiger partial charge in [-0.05, 0) is 23.8 Å². The molecule has 0 bridgehead atoms. The Bertz CT molecular complexity index is 530. The summed E-state index contributed by atoms with van der Waals surface area (Å²) in [6.07, 6.45) is 2.10. The van der Waals surface area contributed by atoms with Crippen molar-refractivity contribution in [1.82, 2.24) is 5.32 Å².